The van der Waals surface area contributed by atoms with Gasteiger partial charge in [-0.1, -0.05) is 36.8 Å². The second-order valence-corrected chi connectivity index (χ2v) is 5.71. The summed E-state index contributed by atoms with van der Waals surface area (Å²) in [5.74, 6) is -0.240. The lowest BCUT2D eigenvalue weighted by molar-refractivity contribution is -0.142. The zero-order valence-electron chi connectivity index (χ0n) is 12.3. The zero-order valence-corrected chi connectivity index (χ0v) is 12.3. The van der Waals surface area contributed by atoms with Crippen molar-refractivity contribution in [1.29, 1.82) is 0 Å². The van der Waals surface area contributed by atoms with Crippen molar-refractivity contribution >= 4 is 11.8 Å². The Morgan fingerprint density at radius 1 is 1.09 bits per heavy atom. The van der Waals surface area contributed by atoms with Gasteiger partial charge in [0, 0.05) is 11.6 Å². The van der Waals surface area contributed by atoms with E-state index in [1.54, 1.807) is 0 Å². The molecule has 1 aliphatic carbocycles. The van der Waals surface area contributed by atoms with Crippen molar-refractivity contribution < 1.29 is 9.90 Å². The third-order valence-electron chi connectivity index (χ3n) is 4.11. The molecule has 2 unspecified atom stereocenters. The molecule has 5 heteroatoms. The van der Waals surface area contributed by atoms with Gasteiger partial charge in [0.1, 0.15) is 5.82 Å². The molecule has 1 saturated carbocycles. The average Bonchev–Trinajstić information content (AvgIpc) is 2.56. The highest BCUT2D eigenvalue weighted by atomic mass is 16.4. The summed E-state index contributed by atoms with van der Waals surface area (Å²) in [5, 5.41) is 20.9. The highest BCUT2D eigenvalue weighted by Crippen LogP contribution is 2.26. The highest BCUT2D eigenvalue weighted by Gasteiger charge is 2.27. The molecule has 2 aromatic rings. The maximum absolute atomic E-state index is 11.1. The molecule has 0 spiro atoms. The number of carboxylic acid groups (broad SMARTS) is 1. The molecule has 0 bridgehead atoms. The molecule has 1 aliphatic rings. The van der Waals surface area contributed by atoms with Crippen LogP contribution in [-0.2, 0) is 4.79 Å². The molecule has 1 aromatic heterocycles. The minimum atomic E-state index is -0.697. The first-order chi connectivity index (χ1) is 10.7. The lowest BCUT2D eigenvalue weighted by Crippen LogP contribution is -2.31. The third-order valence-corrected chi connectivity index (χ3v) is 4.11. The normalized spacial score (nSPS) is 21.3. The minimum Gasteiger partial charge on any atom is -0.481 e. The van der Waals surface area contributed by atoms with Crippen molar-refractivity contribution in [2.75, 3.05) is 5.32 Å². The van der Waals surface area contributed by atoms with E-state index in [0.717, 1.165) is 30.5 Å². The van der Waals surface area contributed by atoms with Crippen LogP contribution in [0.3, 0.4) is 0 Å². The van der Waals surface area contributed by atoms with Gasteiger partial charge in [-0.2, -0.15) is 0 Å². The van der Waals surface area contributed by atoms with Crippen molar-refractivity contribution in [3.05, 3.63) is 42.5 Å². The summed E-state index contributed by atoms with van der Waals surface area (Å²) in [6.07, 6.45) is 3.33. The smallest absolute Gasteiger partial charge is 0.306 e. The van der Waals surface area contributed by atoms with Crippen molar-refractivity contribution in [3.63, 3.8) is 0 Å². The first-order valence-electron chi connectivity index (χ1n) is 7.61. The Hall–Kier alpha value is -2.43. The molecule has 3 rings (SSSR count). The maximum atomic E-state index is 11.1. The highest BCUT2D eigenvalue weighted by molar-refractivity contribution is 5.70. The van der Waals surface area contributed by atoms with Crippen LogP contribution in [0.5, 0.6) is 0 Å². The predicted octanol–water partition coefficient (Wildman–Crippen LogP) is 3.20. The molecule has 1 aromatic carbocycles. The SMILES string of the molecule is O=C(O)C1CCCC(Nc2ccc(-c3ccccc3)nn2)C1. The quantitative estimate of drug-likeness (QED) is 0.906. The third kappa shape index (κ3) is 3.42. The second-order valence-electron chi connectivity index (χ2n) is 5.71. The summed E-state index contributed by atoms with van der Waals surface area (Å²) in [4.78, 5) is 11.1. The standard InChI is InChI=1S/C17H19N3O2/c21-17(22)13-7-4-8-14(11-13)18-16-10-9-15(19-20-16)12-5-2-1-3-6-12/h1-3,5-6,9-10,13-14H,4,7-8,11H2,(H,18,20)(H,21,22). The molecule has 0 radical (unpaired) electrons. The van der Waals surface area contributed by atoms with Gasteiger partial charge in [0.15, 0.2) is 0 Å². The number of carboxylic acids is 1. The Morgan fingerprint density at radius 3 is 2.59 bits per heavy atom. The van der Waals surface area contributed by atoms with E-state index >= 15 is 0 Å². The van der Waals surface area contributed by atoms with Gasteiger partial charge in [0.2, 0.25) is 0 Å². The summed E-state index contributed by atoms with van der Waals surface area (Å²) in [7, 11) is 0. The van der Waals surface area contributed by atoms with Gasteiger partial charge in [0.25, 0.3) is 0 Å². The van der Waals surface area contributed by atoms with Gasteiger partial charge < -0.3 is 10.4 Å². The topological polar surface area (TPSA) is 75.1 Å². The summed E-state index contributed by atoms with van der Waals surface area (Å²) < 4.78 is 0. The van der Waals surface area contributed by atoms with Crippen LogP contribution in [-0.4, -0.2) is 27.3 Å². The van der Waals surface area contributed by atoms with E-state index in [2.05, 4.69) is 15.5 Å². The fraction of sp³-hybridized carbons (Fsp3) is 0.353. The Kier molecular flexibility index (Phi) is 4.32. The fourth-order valence-electron chi connectivity index (χ4n) is 2.93. The number of nitrogens with zero attached hydrogens (tertiary/aromatic N) is 2. The number of aromatic nitrogens is 2. The Bertz CT molecular complexity index is 628. The molecule has 2 N–H and O–H groups in total. The Balaban J connectivity index is 1.65. The molecule has 0 amide bonds. The van der Waals surface area contributed by atoms with Gasteiger partial charge in [0.05, 0.1) is 11.6 Å². The Morgan fingerprint density at radius 2 is 1.91 bits per heavy atom. The number of rotatable bonds is 4. The molecule has 0 saturated heterocycles. The van der Waals surface area contributed by atoms with E-state index in [1.807, 2.05) is 42.5 Å². The van der Waals surface area contributed by atoms with Crippen LogP contribution in [0.4, 0.5) is 5.82 Å². The summed E-state index contributed by atoms with van der Waals surface area (Å²) in [6, 6.07) is 13.9. The van der Waals surface area contributed by atoms with Gasteiger partial charge in [-0.3, -0.25) is 4.79 Å². The van der Waals surface area contributed by atoms with Crippen LogP contribution in [0, 0.1) is 5.92 Å². The summed E-state index contributed by atoms with van der Waals surface area (Å²) in [5.41, 5.74) is 1.86. The van der Waals surface area contributed by atoms with E-state index in [0.29, 0.717) is 12.2 Å². The number of nitrogens with one attached hydrogen (secondary N) is 1. The van der Waals surface area contributed by atoms with Crippen molar-refractivity contribution in [3.8, 4) is 11.3 Å². The molecular weight excluding hydrogens is 278 g/mol. The van der Waals surface area contributed by atoms with Crippen LogP contribution < -0.4 is 5.32 Å². The minimum absolute atomic E-state index is 0.159. The number of hydrogen-bond acceptors (Lipinski definition) is 4. The molecule has 1 heterocycles. The van der Waals surface area contributed by atoms with Gasteiger partial charge in [-0.25, -0.2) is 0 Å². The van der Waals surface area contributed by atoms with Gasteiger partial charge in [-0.15, -0.1) is 10.2 Å². The molecule has 114 valence electrons. The summed E-state index contributed by atoms with van der Waals surface area (Å²) >= 11 is 0. The number of benzene rings is 1. The number of hydrogen-bond donors (Lipinski definition) is 2. The van der Waals surface area contributed by atoms with Crippen LogP contribution in [0.15, 0.2) is 42.5 Å². The molecular formula is C17H19N3O2. The zero-order chi connectivity index (χ0) is 15.4. The molecule has 0 aliphatic heterocycles. The fourth-order valence-corrected chi connectivity index (χ4v) is 2.93. The monoisotopic (exact) mass is 297 g/mol. The van der Waals surface area contributed by atoms with Crippen molar-refractivity contribution in [2.45, 2.75) is 31.7 Å². The predicted molar refractivity (Wildman–Crippen MR) is 84.5 cm³/mol. The number of aliphatic carboxylic acids is 1. The number of anilines is 1. The maximum Gasteiger partial charge on any atom is 0.306 e. The van der Waals surface area contributed by atoms with E-state index in [1.165, 1.54) is 0 Å². The van der Waals surface area contributed by atoms with Crippen LogP contribution in [0.1, 0.15) is 25.7 Å². The van der Waals surface area contributed by atoms with Gasteiger partial charge in [-0.05, 0) is 31.4 Å². The first-order valence-corrected chi connectivity index (χ1v) is 7.61. The van der Waals surface area contributed by atoms with E-state index < -0.39 is 5.97 Å². The van der Waals surface area contributed by atoms with Crippen LogP contribution in [0.25, 0.3) is 11.3 Å². The molecule has 5 nitrogen and oxygen atoms in total. The lowest BCUT2D eigenvalue weighted by atomic mass is 9.86. The van der Waals surface area contributed by atoms with Crippen molar-refractivity contribution in [1.82, 2.24) is 10.2 Å². The van der Waals surface area contributed by atoms with Gasteiger partial charge >= 0.3 is 5.97 Å². The van der Waals surface area contributed by atoms with Crippen LogP contribution in [0.2, 0.25) is 0 Å². The largest absolute Gasteiger partial charge is 0.481 e. The van der Waals surface area contributed by atoms with Crippen molar-refractivity contribution in [2.24, 2.45) is 5.92 Å². The van der Waals surface area contributed by atoms with E-state index in [-0.39, 0.29) is 12.0 Å². The molecule has 2 atom stereocenters. The van der Waals surface area contributed by atoms with Crippen LogP contribution >= 0.6 is 0 Å². The van der Waals surface area contributed by atoms with E-state index in [9.17, 15) is 4.79 Å². The first kappa shape index (κ1) is 14.5. The lowest BCUT2D eigenvalue weighted by Gasteiger charge is -2.27. The molecule has 22 heavy (non-hydrogen) atoms. The summed E-state index contributed by atoms with van der Waals surface area (Å²) in [6.45, 7) is 0. The second kappa shape index (κ2) is 6.56. The average molecular weight is 297 g/mol. The Labute approximate surface area is 129 Å². The number of carbonyl (C=O) groups is 1. The molecule has 1 fully saturated rings. The van der Waals surface area contributed by atoms with E-state index in [4.69, 9.17) is 5.11 Å².